The smallest absolute Gasteiger partial charge is 0.0111 e. The number of nitrogens with zero attached hydrogens (tertiary/aromatic N) is 1. The first kappa shape index (κ1) is 14.3. The van der Waals surface area contributed by atoms with Crippen molar-refractivity contribution < 1.29 is 0 Å². The molecule has 4 unspecified atom stereocenters. The molecule has 0 aromatic rings. The van der Waals surface area contributed by atoms with Gasteiger partial charge in [0.25, 0.3) is 0 Å². The molecular formula is C16H32N2. The zero-order valence-corrected chi connectivity index (χ0v) is 12.7. The highest BCUT2D eigenvalue weighted by Crippen LogP contribution is 2.47. The molecule has 2 bridgehead atoms. The average Bonchev–Trinajstić information content (AvgIpc) is 2.80. The van der Waals surface area contributed by atoms with E-state index in [0.29, 0.717) is 6.04 Å². The van der Waals surface area contributed by atoms with Crippen LogP contribution in [0.3, 0.4) is 0 Å². The molecule has 2 saturated carbocycles. The van der Waals surface area contributed by atoms with E-state index >= 15 is 0 Å². The predicted molar refractivity (Wildman–Crippen MR) is 78.4 cm³/mol. The van der Waals surface area contributed by atoms with Crippen molar-refractivity contribution >= 4 is 0 Å². The van der Waals surface area contributed by atoms with E-state index in [1.165, 1.54) is 38.9 Å². The molecule has 2 fully saturated rings. The first-order valence-corrected chi connectivity index (χ1v) is 7.95. The molecule has 18 heavy (non-hydrogen) atoms. The number of fused-ring (bicyclic) bond motifs is 2. The van der Waals surface area contributed by atoms with Gasteiger partial charge in [0, 0.05) is 25.7 Å². The summed E-state index contributed by atoms with van der Waals surface area (Å²) in [6, 6.07) is 0.491. The molecule has 4 atom stereocenters. The van der Waals surface area contributed by atoms with Crippen LogP contribution < -0.4 is 5.73 Å². The van der Waals surface area contributed by atoms with Gasteiger partial charge in [0.1, 0.15) is 0 Å². The third kappa shape index (κ3) is 3.27. The zero-order valence-electron chi connectivity index (χ0n) is 12.7. The Morgan fingerprint density at radius 2 is 1.56 bits per heavy atom. The molecule has 106 valence electrons. The van der Waals surface area contributed by atoms with Crippen molar-refractivity contribution in [3.63, 3.8) is 0 Å². The van der Waals surface area contributed by atoms with E-state index in [-0.39, 0.29) is 0 Å². The fourth-order valence-corrected chi connectivity index (χ4v) is 4.28. The van der Waals surface area contributed by atoms with Crippen LogP contribution in [0.25, 0.3) is 0 Å². The molecule has 0 aliphatic heterocycles. The minimum atomic E-state index is 0.491. The van der Waals surface area contributed by atoms with Crippen LogP contribution in [0.1, 0.15) is 47.0 Å². The summed E-state index contributed by atoms with van der Waals surface area (Å²) in [7, 11) is 0. The van der Waals surface area contributed by atoms with Gasteiger partial charge in [-0.2, -0.15) is 0 Å². The van der Waals surface area contributed by atoms with Crippen LogP contribution in [0.2, 0.25) is 0 Å². The van der Waals surface area contributed by atoms with E-state index in [1.54, 1.807) is 0 Å². The number of nitrogens with two attached hydrogens (primary N) is 1. The van der Waals surface area contributed by atoms with E-state index in [2.05, 4.69) is 32.6 Å². The minimum Gasteiger partial charge on any atom is -0.327 e. The fourth-order valence-electron chi connectivity index (χ4n) is 4.28. The van der Waals surface area contributed by atoms with Crippen LogP contribution in [-0.4, -0.2) is 30.6 Å². The van der Waals surface area contributed by atoms with E-state index < -0.39 is 0 Å². The van der Waals surface area contributed by atoms with Crippen LogP contribution in [0.4, 0.5) is 0 Å². The summed E-state index contributed by atoms with van der Waals surface area (Å²) in [5.74, 6) is 4.09. The normalized spacial score (nSPS) is 35.3. The highest BCUT2D eigenvalue weighted by Gasteiger charge is 2.45. The molecule has 0 saturated heterocycles. The van der Waals surface area contributed by atoms with E-state index in [1.807, 2.05) is 0 Å². The molecule has 2 aliphatic carbocycles. The molecular weight excluding hydrogens is 220 g/mol. The Bertz CT molecular complexity index is 250. The monoisotopic (exact) mass is 252 g/mol. The summed E-state index contributed by atoms with van der Waals surface area (Å²) in [6.45, 7) is 13.0. The van der Waals surface area contributed by atoms with Crippen LogP contribution in [0, 0.1) is 29.6 Å². The third-order valence-electron chi connectivity index (χ3n) is 4.87. The molecule has 0 aromatic carbocycles. The summed E-state index contributed by atoms with van der Waals surface area (Å²) in [5, 5.41) is 0. The van der Waals surface area contributed by atoms with Gasteiger partial charge in [-0.1, -0.05) is 27.7 Å². The van der Waals surface area contributed by atoms with Gasteiger partial charge in [-0.15, -0.1) is 0 Å². The molecule has 0 amide bonds. The lowest BCUT2D eigenvalue weighted by molar-refractivity contribution is 0.148. The number of rotatable bonds is 6. The molecule has 0 spiro atoms. The second-order valence-electron chi connectivity index (χ2n) is 7.58. The first-order chi connectivity index (χ1) is 8.47. The lowest BCUT2D eigenvalue weighted by atomic mass is 9.84. The van der Waals surface area contributed by atoms with Gasteiger partial charge in [0.05, 0.1) is 0 Å². The van der Waals surface area contributed by atoms with Crippen molar-refractivity contribution in [3.05, 3.63) is 0 Å². The summed E-state index contributed by atoms with van der Waals surface area (Å²) in [6.07, 6.45) is 4.26. The van der Waals surface area contributed by atoms with Crippen molar-refractivity contribution in [1.29, 1.82) is 0 Å². The Hall–Kier alpha value is -0.0800. The summed E-state index contributed by atoms with van der Waals surface area (Å²) < 4.78 is 0. The van der Waals surface area contributed by atoms with Crippen molar-refractivity contribution in [2.24, 2.45) is 35.3 Å². The molecule has 2 aliphatic rings. The van der Waals surface area contributed by atoms with Gasteiger partial charge in [0.2, 0.25) is 0 Å². The average molecular weight is 252 g/mol. The van der Waals surface area contributed by atoms with Crippen molar-refractivity contribution in [1.82, 2.24) is 4.90 Å². The second-order valence-corrected chi connectivity index (χ2v) is 7.58. The van der Waals surface area contributed by atoms with E-state index in [9.17, 15) is 0 Å². The molecule has 2 N–H and O–H groups in total. The van der Waals surface area contributed by atoms with Crippen LogP contribution in [-0.2, 0) is 0 Å². The molecule has 2 nitrogen and oxygen atoms in total. The number of hydrogen-bond acceptors (Lipinski definition) is 2. The standard InChI is InChI=1S/C16H32N2/c1-11(2)8-18(9-12(3)4)10-15-13-5-6-14(7-13)16(15)17/h11-16H,5-10,17H2,1-4H3. The van der Waals surface area contributed by atoms with E-state index in [0.717, 1.165) is 29.6 Å². The van der Waals surface area contributed by atoms with Gasteiger partial charge in [0.15, 0.2) is 0 Å². The van der Waals surface area contributed by atoms with Crippen LogP contribution >= 0.6 is 0 Å². The Morgan fingerprint density at radius 3 is 2.00 bits per heavy atom. The van der Waals surface area contributed by atoms with Crippen LogP contribution in [0.5, 0.6) is 0 Å². The first-order valence-electron chi connectivity index (χ1n) is 7.95. The molecule has 2 rings (SSSR count). The van der Waals surface area contributed by atoms with Gasteiger partial charge < -0.3 is 10.6 Å². The highest BCUT2D eigenvalue weighted by molar-refractivity contribution is 4.99. The summed E-state index contributed by atoms with van der Waals surface area (Å²) >= 11 is 0. The maximum Gasteiger partial charge on any atom is 0.0111 e. The minimum absolute atomic E-state index is 0.491. The number of hydrogen-bond donors (Lipinski definition) is 1. The summed E-state index contributed by atoms with van der Waals surface area (Å²) in [5.41, 5.74) is 6.45. The highest BCUT2D eigenvalue weighted by atomic mass is 15.1. The maximum atomic E-state index is 6.45. The van der Waals surface area contributed by atoms with Crippen molar-refractivity contribution in [2.75, 3.05) is 19.6 Å². The lowest BCUT2D eigenvalue weighted by Gasteiger charge is -2.35. The molecule has 0 radical (unpaired) electrons. The lowest BCUT2D eigenvalue weighted by Crippen LogP contribution is -2.44. The molecule has 0 aromatic heterocycles. The summed E-state index contributed by atoms with van der Waals surface area (Å²) in [4.78, 5) is 2.68. The van der Waals surface area contributed by atoms with Gasteiger partial charge in [-0.05, 0) is 48.9 Å². The molecule has 0 heterocycles. The second kappa shape index (κ2) is 5.92. The van der Waals surface area contributed by atoms with E-state index in [4.69, 9.17) is 5.73 Å². The Labute approximate surface area is 113 Å². The zero-order chi connectivity index (χ0) is 13.3. The largest absolute Gasteiger partial charge is 0.327 e. The SMILES string of the molecule is CC(C)CN(CC(C)C)CC1C2CCC(C2)C1N. The Kier molecular flexibility index (Phi) is 4.71. The van der Waals surface area contributed by atoms with Crippen LogP contribution in [0.15, 0.2) is 0 Å². The fraction of sp³-hybridized carbons (Fsp3) is 1.00. The predicted octanol–water partition coefficient (Wildman–Crippen LogP) is 2.97. The van der Waals surface area contributed by atoms with Crippen molar-refractivity contribution in [2.45, 2.75) is 53.0 Å². The quantitative estimate of drug-likeness (QED) is 0.787. The van der Waals surface area contributed by atoms with Gasteiger partial charge >= 0.3 is 0 Å². The van der Waals surface area contributed by atoms with Crippen molar-refractivity contribution in [3.8, 4) is 0 Å². The van der Waals surface area contributed by atoms with Gasteiger partial charge in [-0.25, -0.2) is 0 Å². The third-order valence-corrected chi connectivity index (χ3v) is 4.87. The topological polar surface area (TPSA) is 29.3 Å². The molecule has 2 heteroatoms. The van der Waals surface area contributed by atoms with Gasteiger partial charge in [-0.3, -0.25) is 0 Å². The Balaban J connectivity index is 1.91. The maximum absolute atomic E-state index is 6.45. The Morgan fingerprint density at radius 1 is 1.00 bits per heavy atom.